The Morgan fingerprint density at radius 1 is 1.28 bits per heavy atom. The van der Waals surface area contributed by atoms with E-state index >= 15 is 0 Å². The predicted molar refractivity (Wildman–Crippen MR) is 74.2 cm³/mol. The molecule has 2 heterocycles. The van der Waals surface area contributed by atoms with Gasteiger partial charge in [-0.05, 0) is 37.4 Å². The summed E-state index contributed by atoms with van der Waals surface area (Å²) in [5.74, 6) is 0.736. The fourth-order valence-electron chi connectivity index (χ4n) is 3.50. The van der Waals surface area contributed by atoms with Crippen LogP contribution < -0.4 is 11.1 Å². The molecule has 1 aromatic carbocycles. The van der Waals surface area contributed by atoms with E-state index in [0.29, 0.717) is 0 Å². The first-order valence-corrected chi connectivity index (χ1v) is 7.04. The maximum absolute atomic E-state index is 6.11. The standard InChI is InChI=1S/C15H23N3/c16-12-15(7-9-18-8-6-14(15)11-18)17-10-13-4-2-1-3-5-13/h1-5,14,17H,6-12,16H2. The molecule has 0 radical (unpaired) electrons. The van der Waals surface area contributed by atoms with Crippen LogP contribution >= 0.6 is 0 Å². The molecule has 0 spiro atoms. The summed E-state index contributed by atoms with van der Waals surface area (Å²) >= 11 is 0. The van der Waals surface area contributed by atoms with Crippen LogP contribution in [0.25, 0.3) is 0 Å². The Balaban J connectivity index is 1.68. The zero-order chi connectivity index (χ0) is 12.4. The molecule has 0 aromatic heterocycles. The summed E-state index contributed by atoms with van der Waals surface area (Å²) in [6, 6.07) is 10.6. The second-order valence-electron chi connectivity index (χ2n) is 5.74. The van der Waals surface area contributed by atoms with Gasteiger partial charge >= 0.3 is 0 Å². The van der Waals surface area contributed by atoms with Crippen LogP contribution in [0, 0.1) is 5.92 Å². The molecule has 2 bridgehead atoms. The van der Waals surface area contributed by atoms with E-state index in [1.54, 1.807) is 0 Å². The third-order valence-electron chi connectivity index (χ3n) is 4.78. The molecule has 2 aliphatic rings. The van der Waals surface area contributed by atoms with Crippen LogP contribution in [-0.4, -0.2) is 36.6 Å². The van der Waals surface area contributed by atoms with Crippen molar-refractivity contribution in [2.45, 2.75) is 24.9 Å². The van der Waals surface area contributed by atoms with E-state index in [2.05, 4.69) is 40.5 Å². The number of hydrogen-bond donors (Lipinski definition) is 2. The van der Waals surface area contributed by atoms with E-state index in [0.717, 1.165) is 19.0 Å². The first-order valence-electron chi connectivity index (χ1n) is 7.04. The monoisotopic (exact) mass is 245 g/mol. The molecule has 3 rings (SSSR count). The summed E-state index contributed by atoms with van der Waals surface area (Å²) in [4.78, 5) is 2.57. The molecule has 2 fully saturated rings. The lowest BCUT2D eigenvalue weighted by Crippen LogP contribution is -2.60. The fraction of sp³-hybridized carbons (Fsp3) is 0.600. The molecular weight excluding hydrogens is 222 g/mol. The van der Waals surface area contributed by atoms with E-state index in [-0.39, 0.29) is 5.54 Å². The van der Waals surface area contributed by atoms with Crippen molar-refractivity contribution in [3.05, 3.63) is 35.9 Å². The van der Waals surface area contributed by atoms with Gasteiger partial charge in [-0.3, -0.25) is 0 Å². The molecule has 3 N–H and O–H groups in total. The SMILES string of the molecule is NCC1(NCc2ccccc2)CCN2CCC1C2. The predicted octanol–water partition coefficient (Wildman–Crippen LogP) is 1.20. The number of piperidine rings is 1. The maximum atomic E-state index is 6.11. The van der Waals surface area contributed by atoms with Gasteiger partial charge in [0.05, 0.1) is 0 Å². The van der Waals surface area contributed by atoms with Crippen molar-refractivity contribution < 1.29 is 0 Å². The van der Waals surface area contributed by atoms with Crippen LogP contribution in [-0.2, 0) is 6.54 Å². The van der Waals surface area contributed by atoms with Gasteiger partial charge in [-0.15, -0.1) is 0 Å². The minimum atomic E-state index is 0.169. The lowest BCUT2D eigenvalue weighted by molar-refractivity contribution is 0.135. The number of benzene rings is 1. The first kappa shape index (κ1) is 12.2. The highest BCUT2D eigenvalue weighted by atomic mass is 15.2. The summed E-state index contributed by atoms with van der Waals surface area (Å²) in [6.07, 6.45) is 2.50. The van der Waals surface area contributed by atoms with Gasteiger partial charge < -0.3 is 16.0 Å². The first-order chi connectivity index (χ1) is 8.82. The van der Waals surface area contributed by atoms with Gasteiger partial charge in [0.1, 0.15) is 0 Å². The highest BCUT2D eigenvalue weighted by Gasteiger charge is 2.44. The topological polar surface area (TPSA) is 41.3 Å². The Kier molecular flexibility index (Phi) is 3.37. The van der Waals surface area contributed by atoms with Crippen molar-refractivity contribution in [1.29, 1.82) is 0 Å². The number of rotatable bonds is 4. The summed E-state index contributed by atoms with van der Waals surface area (Å²) < 4.78 is 0. The van der Waals surface area contributed by atoms with Crippen molar-refractivity contribution in [2.24, 2.45) is 11.7 Å². The highest BCUT2D eigenvalue weighted by molar-refractivity contribution is 5.15. The van der Waals surface area contributed by atoms with Crippen LogP contribution in [0.1, 0.15) is 18.4 Å². The summed E-state index contributed by atoms with van der Waals surface area (Å²) in [6.45, 7) is 5.40. The Bertz CT molecular complexity index is 392. The minimum absolute atomic E-state index is 0.169. The molecule has 98 valence electrons. The number of nitrogens with two attached hydrogens (primary N) is 1. The smallest absolute Gasteiger partial charge is 0.0360 e. The maximum Gasteiger partial charge on any atom is 0.0360 e. The van der Waals surface area contributed by atoms with Crippen molar-refractivity contribution >= 4 is 0 Å². The molecule has 3 unspecified atom stereocenters. The van der Waals surface area contributed by atoms with E-state index < -0.39 is 0 Å². The molecule has 18 heavy (non-hydrogen) atoms. The average molecular weight is 245 g/mol. The van der Waals surface area contributed by atoms with E-state index in [1.165, 1.54) is 38.0 Å². The van der Waals surface area contributed by atoms with E-state index in [9.17, 15) is 0 Å². The van der Waals surface area contributed by atoms with Crippen LogP contribution in [0.2, 0.25) is 0 Å². The van der Waals surface area contributed by atoms with Crippen molar-refractivity contribution in [1.82, 2.24) is 10.2 Å². The molecule has 3 nitrogen and oxygen atoms in total. The van der Waals surface area contributed by atoms with Crippen LogP contribution in [0.15, 0.2) is 30.3 Å². The fourth-order valence-corrected chi connectivity index (χ4v) is 3.50. The van der Waals surface area contributed by atoms with Gasteiger partial charge in [0, 0.05) is 25.2 Å². The number of fused-ring (bicyclic) bond motifs is 2. The summed E-state index contributed by atoms with van der Waals surface area (Å²) in [5.41, 5.74) is 7.63. The van der Waals surface area contributed by atoms with Gasteiger partial charge in [-0.25, -0.2) is 0 Å². The van der Waals surface area contributed by atoms with Crippen LogP contribution in [0.4, 0.5) is 0 Å². The van der Waals surface area contributed by atoms with E-state index in [1.807, 2.05) is 0 Å². The molecule has 3 atom stereocenters. The Hall–Kier alpha value is -0.900. The third-order valence-corrected chi connectivity index (χ3v) is 4.78. The molecule has 2 aliphatic heterocycles. The minimum Gasteiger partial charge on any atom is -0.329 e. The van der Waals surface area contributed by atoms with Gasteiger partial charge in [0.25, 0.3) is 0 Å². The third kappa shape index (κ3) is 2.18. The second kappa shape index (κ2) is 5.00. The summed E-state index contributed by atoms with van der Waals surface area (Å²) in [7, 11) is 0. The van der Waals surface area contributed by atoms with Crippen LogP contribution in [0.3, 0.4) is 0 Å². The molecule has 0 aliphatic carbocycles. The van der Waals surface area contributed by atoms with Crippen molar-refractivity contribution in [3.63, 3.8) is 0 Å². The zero-order valence-corrected chi connectivity index (χ0v) is 10.9. The molecule has 0 amide bonds. The second-order valence-corrected chi connectivity index (χ2v) is 5.74. The normalized spacial score (nSPS) is 34.7. The van der Waals surface area contributed by atoms with Crippen LogP contribution in [0.5, 0.6) is 0 Å². The number of nitrogens with one attached hydrogen (secondary N) is 1. The van der Waals surface area contributed by atoms with Crippen molar-refractivity contribution in [2.75, 3.05) is 26.2 Å². The van der Waals surface area contributed by atoms with Gasteiger partial charge in [-0.2, -0.15) is 0 Å². The highest BCUT2D eigenvalue weighted by Crippen LogP contribution is 2.35. The largest absolute Gasteiger partial charge is 0.329 e. The van der Waals surface area contributed by atoms with Gasteiger partial charge in [-0.1, -0.05) is 30.3 Å². The Morgan fingerprint density at radius 2 is 2.11 bits per heavy atom. The van der Waals surface area contributed by atoms with Gasteiger partial charge in [0.2, 0.25) is 0 Å². The summed E-state index contributed by atoms with van der Waals surface area (Å²) in [5, 5.41) is 3.78. The van der Waals surface area contributed by atoms with Crippen molar-refractivity contribution in [3.8, 4) is 0 Å². The Labute approximate surface area is 109 Å². The molecule has 0 saturated carbocycles. The van der Waals surface area contributed by atoms with E-state index in [4.69, 9.17) is 5.73 Å². The van der Waals surface area contributed by atoms with Gasteiger partial charge in [0.15, 0.2) is 0 Å². The lowest BCUT2D eigenvalue weighted by Gasteiger charge is -2.43. The quantitative estimate of drug-likeness (QED) is 0.837. The molecular formula is C15H23N3. The lowest BCUT2D eigenvalue weighted by atomic mass is 9.78. The number of nitrogens with zero attached hydrogens (tertiary/aromatic N) is 1. The average Bonchev–Trinajstić information content (AvgIpc) is 2.84. The molecule has 2 saturated heterocycles. The molecule has 3 heteroatoms. The number of hydrogen-bond acceptors (Lipinski definition) is 3. The Morgan fingerprint density at radius 3 is 2.89 bits per heavy atom. The molecule has 1 aromatic rings. The zero-order valence-electron chi connectivity index (χ0n) is 10.9.